The first kappa shape index (κ1) is 21.3. The molecular formula is C22H22FN3O3S. The topological polar surface area (TPSA) is 78.5 Å². The van der Waals surface area contributed by atoms with Gasteiger partial charge in [-0.25, -0.2) is 12.8 Å². The molecule has 3 aromatic rings. The molecule has 0 bridgehead atoms. The Morgan fingerprint density at radius 2 is 1.63 bits per heavy atom. The fraction of sp³-hybridized carbons (Fsp3) is 0.136. The fourth-order valence-corrected chi connectivity index (χ4v) is 3.79. The SMILES string of the molecule is CCN(C)c1ccc(C(=O)Nc2ccc(S(=O)(=O)Nc3cccc(F)c3)cc2)cc1. The fourth-order valence-electron chi connectivity index (χ4n) is 2.74. The van der Waals surface area contributed by atoms with Crippen molar-refractivity contribution in [3.05, 3.63) is 84.2 Å². The van der Waals surface area contributed by atoms with Gasteiger partial charge in [0.25, 0.3) is 15.9 Å². The Morgan fingerprint density at radius 3 is 2.23 bits per heavy atom. The summed E-state index contributed by atoms with van der Waals surface area (Å²) in [7, 11) is -1.91. The van der Waals surface area contributed by atoms with Gasteiger partial charge in [-0.1, -0.05) is 6.07 Å². The van der Waals surface area contributed by atoms with Gasteiger partial charge in [0.1, 0.15) is 5.82 Å². The molecule has 6 nitrogen and oxygen atoms in total. The molecular weight excluding hydrogens is 405 g/mol. The molecule has 3 aromatic carbocycles. The van der Waals surface area contributed by atoms with Crippen molar-refractivity contribution in [1.29, 1.82) is 0 Å². The molecule has 0 unspecified atom stereocenters. The maximum atomic E-state index is 13.3. The third-order valence-electron chi connectivity index (χ3n) is 4.54. The maximum absolute atomic E-state index is 13.3. The predicted molar refractivity (Wildman–Crippen MR) is 117 cm³/mol. The number of hydrogen-bond acceptors (Lipinski definition) is 4. The smallest absolute Gasteiger partial charge is 0.261 e. The Morgan fingerprint density at radius 1 is 0.967 bits per heavy atom. The summed E-state index contributed by atoms with van der Waals surface area (Å²) in [5, 5.41) is 2.74. The van der Waals surface area contributed by atoms with E-state index < -0.39 is 15.8 Å². The molecule has 0 atom stereocenters. The first-order chi connectivity index (χ1) is 14.3. The molecule has 0 saturated carbocycles. The number of nitrogens with zero attached hydrogens (tertiary/aromatic N) is 1. The molecule has 2 N–H and O–H groups in total. The van der Waals surface area contributed by atoms with Crippen LogP contribution in [0.4, 0.5) is 21.5 Å². The van der Waals surface area contributed by atoms with E-state index >= 15 is 0 Å². The van der Waals surface area contributed by atoms with E-state index in [2.05, 4.69) is 14.9 Å². The van der Waals surface area contributed by atoms with Crippen LogP contribution in [0.3, 0.4) is 0 Å². The van der Waals surface area contributed by atoms with Crippen LogP contribution >= 0.6 is 0 Å². The zero-order valence-electron chi connectivity index (χ0n) is 16.6. The minimum absolute atomic E-state index is 0.00304. The van der Waals surface area contributed by atoms with Gasteiger partial charge in [0.15, 0.2) is 0 Å². The lowest BCUT2D eigenvalue weighted by atomic mass is 10.2. The lowest BCUT2D eigenvalue weighted by Crippen LogP contribution is -2.16. The average Bonchev–Trinajstić information content (AvgIpc) is 2.73. The standard InChI is InChI=1S/C22H22FN3O3S/c1-3-26(2)20-11-7-16(8-12-20)22(27)24-18-9-13-21(14-10-18)30(28,29)25-19-6-4-5-17(23)15-19/h4-15,25H,3H2,1-2H3,(H,24,27). The number of hydrogen-bond donors (Lipinski definition) is 2. The summed E-state index contributed by atoms with van der Waals surface area (Å²) in [6.07, 6.45) is 0. The number of sulfonamides is 1. The van der Waals surface area contributed by atoms with Crippen LogP contribution in [0.5, 0.6) is 0 Å². The Kier molecular flexibility index (Phi) is 6.37. The molecule has 0 fully saturated rings. The summed E-state index contributed by atoms with van der Waals surface area (Å²) in [5.41, 5.74) is 2.09. The van der Waals surface area contributed by atoms with Gasteiger partial charge in [-0.3, -0.25) is 9.52 Å². The van der Waals surface area contributed by atoms with E-state index in [9.17, 15) is 17.6 Å². The second-order valence-corrected chi connectivity index (χ2v) is 8.34. The van der Waals surface area contributed by atoms with E-state index in [1.54, 1.807) is 12.1 Å². The second kappa shape index (κ2) is 8.96. The van der Waals surface area contributed by atoms with E-state index in [-0.39, 0.29) is 16.5 Å². The minimum atomic E-state index is -3.88. The van der Waals surface area contributed by atoms with Gasteiger partial charge in [0.2, 0.25) is 0 Å². The summed E-state index contributed by atoms with van der Waals surface area (Å²) in [5.74, 6) is -0.836. The zero-order chi connectivity index (χ0) is 21.7. The molecule has 0 heterocycles. The van der Waals surface area contributed by atoms with E-state index in [0.717, 1.165) is 18.3 Å². The number of nitrogens with one attached hydrogen (secondary N) is 2. The summed E-state index contributed by atoms with van der Waals surface area (Å²) in [6, 6.07) is 18.1. The van der Waals surface area contributed by atoms with Crippen molar-refractivity contribution in [2.75, 3.05) is 28.5 Å². The summed E-state index contributed by atoms with van der Waals surface area (Å²) in [4.78, 5) is 14.5. The average molecular weight is 428 g/mol. The largest absolute Gasteiger partial charge is 0.375 e. The number of carbonyl (C=O) groups is 1. The minimum Gasteiger partial charge on any atom is -0.375 e. The highest BCUT2D eigenvalue weighted by molar-refractivity contribution is 7.92. The van der Waals surface area contributed by atoms with Gasteiger partial charge in [0.05, 0.1) is 10.6 Å². The van der Waals surface area contributed by atoms with Crippen molar-refractivity contribution >= 4 is 33.0 Å². The van der Waals surface area contributed by atoms with Gasteiger partial charge in [-0.15, -0.1) is 0 Å². The zero-order valence-corrected chi connectivity index (χ0v) is 17.4. The van der Waals surface area contributed by atoms with Crippen LogP contribution in [0, 0.1) is 5.82 Å². The van der Waals surface area contributed by atoms with Crippen LogP contribution in [-0.2, 0) is 10.0 Å². The Balaban J connectivity index is 1.68. The number of carbonyl (C=O) groups excluding carboxylic acids is 1. The first-order valence-corrected chi connectivity index (χ1v) is 10.8. The highest BCUT2D eigenvalue weighted by Gasteiger charge is 2.15. The van der Waals surface area contributed by atoms with Crippen LogP contribution in [-0.4, -0.2) is 27.9 Å². The Hall–Kier alpha value is -3.39. The predicted octanol–water partition coefficient (Wildman–Crippen LogP) is 4.33. The van der Waals surface area contributed by atoms with Crippen LogP contribution in [0.25, 0.3) is 0 Å². The highest BCUT2D eigenvalue weighted by Crippen LogP contribution is 2.20. The normalized spacial score (nSPS) is 11.0. The van der Waals surface area contributed by atoms with Gasteiger partial charge in [-0.05, 0) is 73.7 Å². The molecule has 8 heteroatoms. The third-order valence-corrected chi connectivity index (χ3v) is 5.94. The van der Waals surface area contributed by atoms with Crippen LogP contribution in [0.1, 0.15) is 17.3 Å². The summed E-state index contributed by atoms with van der Waals surface area (Å²) < 4.78 is 40.5. The Labute approximate surface area is 175 Å². The van der Waals surface area contributed by atoms with Crippen LogP contribution in [0.2, 0.25) is 0 Å². The van der Waals surface area contributed by atoms with Crippen LogP contribution < -0.4 is 14.9 Å². The van der Waals surface area contributed by atoms with Crippen molar-refractivity contribution in [2.45, 2.75) is 11.8 Å². The van der Waals surface area contributed by atoms with Gasteiger partial charge in [-0.2, -0.15) is 0 Å². The molecule has 0 spiro atoms. The van der Waals surface area contributed by atoms with E-state index in [1.807, 2.05) is 26.1 Å². The molecule has 0 aliphatic heterocycles. The number of rotatable bonds is 7. The van der Waals surface area contributed by atoms with E-state index in [0.29, 0.717) is 11.3 Å². The molecule has 1 amide bonds. The number of anilines is 3. The van der Waals surface area contributed by atoms with E-state index in [1.165, 1.54) is 42.5 Å². The lowest BCUT2D eigenvalue weighted by Gasteiger charge is -2.16. The van der Waals surface area contributed by atoms with Crippen molar-refractivity contribution in [1.82, 2.24) is 0 Å². The number of benzene rings is 3. The van der Waals surface area contributed by atoms with Gasteiger partial charge in [0, 0.05) is 30.5 Å². The number of halogens is 1. The van der Waals surface area contributed by atoms with Crippen molar-refractivity contribution in [3.63, 3.8) is 0 Å². The third kappa shape index (κ3) is 5.15. The molecule has 3 rings (SSSR count). The lowest BCUT2D eigenvalue weighted by molar-refractivity contribution is 0.102. The molecule has 0 aliphatic carbocycles. The number of amides is 1. The van der Waals surface area contributed by atoms with Crippen LogP contribution in [0.15, 0.2) is 77.7 Å². The highest BCUT2D eigenvalue weighted by atomic mass is 32.2. The van der Waals surface area contributed by atoms with E-state index in [4.69, 9.17) is 0 Å². The summed E-state index contributed by atoms with van der Waals surface area (Å²) >= 11 is 0. The van der Waals surface area contributed by atoms with Gasteiger partial charge >= 0.3 is 0 Å². The Bertz CT molecular complexity index is 1130. The molecule has 0 aliphatic rings. The van der Waals surface area contributed by atoms with Crippen molar-refractivity contribution in [2.24, 2.45) is 0 Å². The quantitative estimate of drug-likeness (QED) is 0.588. The van der Waals surface area contributed by atoms with Gasteiger partial charge < -0.3 is 10.2 Å². The monoisotopic (exact) mass is 427 g/mol. The molecule has 0 radical (unpaired) electrons. The maximum Gasteiger partial charge on any atom is 0.261 e. The van der Waals surface area contributed by atoms with Crippen molar-refractivity contribution in [3.8, 4) is 0 Å². The molecule has 0 aromatic heterocycles. The summed E-state index contributed by atoms with van der Waals surface area (Å²) in [6.45, 7) is 2.90. The molecule has 156 valence electrons. The molecule has 30 heavy (non-hydrogen) atoms. The second-order valence-electron chi connectivity index (χ2n) is 6.66. The molecule has 0 saturated heterocycles. The van der Waals surface area contributed by atoms with Crippen molar-refractivity contribution < 1.29 is 17.6 Å². The first-order valence-electron chi connectivity index (χ1n) is 9.29.